The Morgan fingerprint density at radius 3 is 2.45 bits per heavy atom. The van der Waals surface area contributed by atoms with Gasteiger partial charge in [0.15, 0.2) is 0 Å². The molecule has 4 nitrogen and oxygen atoms in total. The van der Waals surface area contributed by atoms with Gasteiger partial charge < -0.3 is 9.29 Å². The topological polar surface area (TPSA) is 57.2 Å². The van der Waals surface area contributed by atoms with E-state index in [-0.39, 0.29) is 12.0 Å². The summed E-state index contributed by atoms with van der Waals surface area (Å²) in [7, 11) is 1.49. The second-order valence-corrected chi connectivity index (χ2v) is 7.97. The van der Waals surface area contributed by atoms with E-state index in [9.17, 15) is 8.94 Å². The molecule has 1 unspecified atom stereocenters. The lowest BCUT2D eigenvalue weighted by molar-refractivity contribution is 0.370. The van der Waals surface area contributed by atoms with Crippen LogP contribution in [0.3, 0.4) is 0 Å². The van der Waals surface area contributed by atoms with E-state index >= 15 is 0 Å². The molecule has 1 aromatic heterocycles. The third-order valence-electron chi connectivity index (χ3n) is 2.83. The molecular weight excluding hydrogens is 279 g/mol. The Bertz CT molecular complexity index is 449. The fourth-order valence-electron chi connectivity index (χ4n) is 1.69. The van der Waals surface area contributed by atoms with Crippen molar-refractivity contribution in [3.63, 3.8) is 0 Å². The Morgan fingerprint density at radius 1 is 1.40 bits per heavy atom. The van der Waals surface area contributed by atoms with Crippen molar-refractivity contribution in [2.45, 2.75) is 45.4 Å². The van der Waals surface area contributed by atoms with Gasteiger partial charge in [-0.05, 0) is 32.8 Å². The maximum Gasteiger partial charge on any atom is 0.218 e. The number of rotatable bonds is 5. The number of methoxy groups -OCH3 is 1. The van der Waals surface area contributed by atoms with Crippen molar-refractivity contribution in [3.8, 4) is 5.88 Å². The van der Waals surface area contributed by atoms with Crippen molar-refractivity contribution < 1.29 is 13.7 Å². The zero-order valence-corrected chi connectivity index (χ0v) is 13.7. The zero-order valence-electron chi connectivity index (χ0n) is 12.9. The molecule has 0 aromatic carbocycles. The van der Waals surface area contributed by atoms with Gasteiger partial charge in [0.1, 0.15) is 10.6 Å². The molecule has 114 valence electrons. The molecule has 0 aliphatic rings. The largest absolute Gasteiger partial charge is 0.598 e. The van der Waals surface area contributed by atoms with Crippen molar-refractivity contribution in [1.82, 2.24) is 9.71 Å². The maximum atomic E-state index is 13.5. The average Bonchev–Trinajstić information content (AvgIpc) is 2.33. The van der Waals surface area contributed by atoms with Gasteiger partial charge in [-0.2, -0.15) is 0 Å². The van der Waals surface area contributed by atoms with Gasteiger partial charge in [-0.15, -0.1) is 4.72 Å². The summed E-state index contributed by atoms with van der Waals surface area (Å²) in [5.74, 6) is 0.0251. The molecule has 0 fully saturated rings. The van der Waals surface area contributed by atoms with E-state index in [1.807, 2.05) is 34.6 Å². The quantitative estimate of drug-likeness (QED) is 0.850. The second kappa shape index (κ2) is 6.74. The van der Waals surface area contributed by atoms with E-state index in [2.05, 4.69) is 9.71 Å². The van der Waals surface area contributed by atoms with Crippen LogP contribution in [0.15, 0.2) is 12.3 Å². The summed E-state index contributed by atoms with van der Waals surface area (Å²) in [6, 6.07) is 1.08. The van der Waals surface area contributed by atoms with Crippen LogP contribution >= 0.6 is 0 Å². The summed E-state index contributed by atoms with van der Waals surface area (Å²) in [5, 5.41) is 0. The normalized spacial score (nSPS) is 15.2. The van der Waals surface area contributed by atoms with Crippen LogP contribution in [0.1, 0.15) is 46.2 Å². The third-order valence-corrected chi connectivity index (χ3v) is 4.41. The number of nitrogens with zero attached hydrogens (tertiary/aromatic N) is 1. The Balaban J connectivity index is 3.11. The molecule has 0 amide bonds. The van der Waals surface area contributed by atoms with Crippen molar-refractivity contribution in [1.29, 1.82) is 0 Å². The molecule has 1 N–H and O–H groups in total. The van der Waals surface area contributed by atoms with Crippen LogP contribution in [0.25, 0.3) is 0 Å². The number of aromatic nitrogens is 1. The highest BCUT2D eigenvalue weighted by atomic mass is 32.2. The highest BCUT2D eigenvalue weighted by Gasteiger charge is 2.32. The number of ether oxygens (including phenoxy) is 1. The number of nitrogens with one attached hydrogen (secondary N) is 1. The second-order valence-electron chi connectivity index (χ2n) is 5.97. The average molecular weight is 302 g/mol. The van der Waals surface area contributed by atoms with Crippen LogP contribution in [0.5, 0.6) is 5.88 Å². The van der Waals surface area contributed by atoms with Crippen molar-refractivity contribution in [2.75, 3.05) is 7.11 Å². The van der Waals surface area contributed by atoms with Crippen LogP contribution in [0, 0.1) is 11.7 Å². The number of pyridine rings is 1. The van der Waals surface area contributed by atoms with Gasteiger partial charge in [-0.25, -0.2) is 9.37 Å². The minimum atomic E-state index is -1.26. The van der Waals surface area contributed by atoms with Crippen LogP contribution < -0.4 is 9.46 Å². The summed E-state index contributed by atoms with van der Waals surface area (Å²) in [4.78, 5) is 3.93. The Kier molecular flexibility index (Phi) is 5.79. The predicted octanol–water partition coefficient (Wildman–Crippen LogP) is 2.98. The smallest absolute Gasteiger partial charge is 0.218 e. The molecule has 6 heteroatoms. The van der Waals surface area contributed by atoms with E-state index in [1.54, 1.807) is 0 Å². The fraction of sp³-hybridized carbons (Fsp3) is 0.643. The highest BCUT2D eigenvalue weighted by Crippen LogP contribution is 2.31. The van der Waals surface area contributed by atoms with Crippen LogP contribution in [0.2, 0.25) is 0 Å². The zero-order chi connectivity index (χ0) is 15.5. The van der Waals surface area contributed by atoms with Gasteiger partial charge in [0.2, 0.25) is 5.88 Å². The first-order valence-electron chi connectivity index (χ1n) is 6.54. The predicted molar refractivity (Wildman–Crippen MR) is 79.4 cm³/mol. The summed E-state index contributed by atoms with van der Waals surface area (Å²) in [6.07, 6.45) is 1.11. The standard InChI is InChI=1S/C14H23FN2O2S/c1-9(2)12(17-20(18)14(3,4)5)11-7-10(15)8-16-13(11)19-6/h7-9,12,17H,1-6H3/t12?,20-/m1/s1. The minimum Gasteiger partial charge on any atom is -0.598 e. The number of hydrogen-bond donors (Lipinski definition) is 1. The van der Waals surface area contributed by atoms with Gasteiger partial charge in [0, 0.05) is 16.9 Å². The number of hydrogen-bond acceptors (Lipinski definition) is 4. The molecule has 1 rings (SSSR count). The molecule has 0 bridgehead atoms. The SMILES string of the molecule is COc1ncc(F)cc1C(N[S@+]([O-])C(C)(C)C)C(C)C. The van der Waals surface area contributed by atoms with Crippen LogP contribution in [0.4, 0.5) is 4.39 Å². The van der Waals surface area contributed by atoms with Gasteiger partial charge in [0.05, 0.1) is 19.3 Å². The summed E-state index contributed by atoms with van der Waals surface area (Å²) in [6.45, 7) is 9.60. The monoisotopic (exact) mass is 302 g/mol. The van der Waals surface area contributed by atoms with Crippen molar-refractivity contribution >= 4 is 11.4 Å². The Morgan fingerprint density at radius 2 is 2.00 bits per heavy atom. The molecule has 20 heavy (non-hydrogen) atoms. The summed E-state index contributed by atoms with van der Waals surface area (Å²) < 4.78 is 33.6. The first-order valence-corrected chi connectivity index (χ1v) is 7.69. The highest BCUT2D eigenvalue weighted by molar-refractivity contribution is 7.90. The molecule has 2 atom stereocenters. The van der Waals surface area contributed by atoms with E-state index in [0.29, 0.717) is 11.4 Å². The van der Waals surface area contributed by atoms with Crippen LogP contribution in [-0.4, -0.2) is 21.4 Å². The van der Waals surface area contributed by atoms with E-state index in [0.717, 1.165) is 6.20 Å². The summed E-state index contributed by atoms with van der Waals surface area (Å²) >= 11 is -1.26. The van der Waals surface area contributed by atoms with Gasteiger partial charge in [-0.3, -0.25) is 0 Å². The molecule has 0 saturated carbocycles. The third kappa shape index (κ3) is 4.33. The van der Waals surface area contributed by atoms with Crippen LogP contribution in [-0.2, 0) is 11.4 Å². The van der Waals surface area contributed by atoms with E-state index in [1.165, 1.54) is 13.2 Å². The molecule has 0 aliphatic carbocycles. The first kappa shape index (κ1) is 17.2. The maximum absolute atomic E-state index is 13.5. The fourth-order valence-corrected chi connectivity index (χ4v) is 2.67. The first-order chi connectivity index (χ1) is 9.16. The van der Waals surface area contributed by atoms with E-state index in [4.69, 9.17) is 4.74 Å². The van der Waals surface area contributed by atoms with Gasteiger partial charge in [0.25, 0.3) is 0 Å². The minimum absolute atomic E-state index is 0.110. The molecular formula is C14H23FN2O2S. The summed E-state index contributed by atoms with van der Waals surface area (Å²) in [5.41, 5.74) is 0.583. The molecule has 0 aliphatic heterocycles. The van der Waals surface area contributed by atoms with Crippen molar-refractivity contribution in [3.05, 3.63) is 23.6 Å². The molecule has 0 spiro atoms. The van der Waals surface area contributed by atoms with E-state index < -0.39 is 21.9 Å². The molecule has 1 heterocycles. The lowest BCUT2D eigenvalue weighted by atomic mass is 9.98. The molecule has 1 aromatic rings. The van der Waals surface area contributed by atoms with Crippen molar-refractivity contribution in [2.24, 2.45) is 5.92 Å². The molecule has 0 saturated heterocycles. The number of halogens is 1. The Labute approximate surface area is 123 Å². The molecule has 0 radical (unpaired) electrons. The lowest BCUT2D eigenvalue weighted by Gasteiger charge is -2.30. The Hall–Kier alpha value is -0.850. The van der Waals surface area contributed by atoms with Gasteiger partial charge >= 0.3 is 0 Å². The van der Waals surface area contributed by atoms with Gasteiger partial charge in [-0.1, -0.05) is 13.8 Å². The lowest BCUT2D eigenvalue weighted by Crippen LogP contribution is -2.42.